The number of thioether (sulfide) groups is 1. The molecule has 0 aliphatic carbocycles. The monoisotopic (exact) mass is 1700 g/mol. The highest BCUT2D eigenvalue weighted by Gasteiger charge is 2.43. The van der Waals surface area contributed by atoms with E-state index in [1.54, 1.807) is 80.8 Å². The predicted molar refractivity (Wildman–Crippen MR) is 448 cm³/mol. The number of benzene rings is 2. The second kappa shape index (κ2) is 54.7. The molecule has 0 aromatic heterocycles. The number of nitrogens with one attached hydrogen (secondary N) is 11. The van der Waals surface area contributed by atoms with E-state index < -0.39 is 206 Å². The zero-order valence-corrected chi connectivity index (χ0v) is 69.8. The predicted octanol–water partition coefficient (Wildman–Crippen LogP) is -5.75. The lowest BCUT2D eigenvalue weighted by Gasteiger charge is -2.32. The molecule has 4 rings (SSSR count). The number of amides is 15. The number of carbonyl (C=O) groups is 16. The first-order valence-electron chi connectivity index (χ1n) is 40.6. The highest BCUT2D eigenvalue weighted by atomic mass is 32.2. The van der Waals surface area contributed by atoms with Crippen LogP contribution in [-0.2, 0) is 94.3 Å². The van der Waals surface area contributed by atoms with Crippen molar-refractivity contribution < 1.29 is 81.4 Å². The molecule has 666 valence electrons. The summed E-state index contributed by atoms with van der Waals surface area (Å²) in [5.41, 5.74) is 51.7. The topological polar surface area (TPSA) is 680 Å². The Hall–Kier alpha value is -11.3. The molecular weight excluding hydrogens is 1580 g/mol. The van der Waals surface area contributed by atoms with Crippen molar-refractivity contribution in [3.8, 4) is 0 Å². The van der Waals surface area contributed by atoms with E-state index >= 15 is 0 Å². The summed E-state index contributed by atoms with van der Waals surface area (Å²) in [4.78, 5) is 233. The summed E-state index contributed by atoms with van der Waals surface area (Å²) in [6, 6.07) is 1.19. The minimum atomic E-state index is -1.69. The molecule has 0 saturated carbocycles. The van der Waals surface area contributed by atoms with Gasteiger partial charge in [0.1, 0.15) is 66.5 Å². The average Bonchev–Trinajstić information content (AvgIpc) is 1.04. The molecule has 2 aliphatic heterocycles. The van der Waals surface area contributed by atoms with E-state index in [2.05, 4.69) is 68.5 Å². The number of unbranched alkanes of at least 4 members (excludes halogenated alkanes) is 2. The van der Waals surface area contributed by atoms with Gasteiger partial charge in [-0.2, -0.15) is 11.8 Å². The molecule has 41 nitrogen and oxygen atoms in total. The molecule has 2 aromatic rings. The van der Waals surface area contributed by atoms with E-state index in [0.29, 0.717) is 68.2 Å². The first-order chi connectivity index (χ1) is 57.2. The summed E-state index contributed by atoms with van der Waals surface area (Å²) >= 11 is 1.36. The quantitative estimate of drug-likeness (QED) is 0.0127. The molecule has 12 atom stereocenters. The van der Waals surface area contributed by atoms with Crippen LogP contribution in [0.5, 0.6) is 0 Å². The lowest BCUT2D eigenvalue weighted by Crippen LogP contribution is -2.60. The fraction of sp³-hybridized carbons (Fsp3) is 0.615. The maximum absolute atomic E-state index is 14.9. The van der Waals surface area contributed by atoms with Gasteiger partial charge in [0, 0.05) is 51.9 Å². The van der Waals surface area contributed by atoms with Crippen LogP contribution in [0, 0.1) is 5.92 Å². The number of nitrogens with two attached hydrogens (primary N) is 9. The van der Waals surface area contributed by atoms with Crippen molar-refractivity contribution in [1.82, 2.24) is 68.3 Å². The van der Waals surface area contributed by atoms with E-state index in [1.165, 1.54) is 21.6 Å². The summed E-state index contributed by atoms with van der Waals surface area (Å²) in [5.74, 6) is -13.1. The maximum atomic E-state index is 14.9. The van der Waals surface area contributed by atoms with Crippen molar-refractivity contribution in [2.24, 2.45) is 67.5 Å². The van der Waals surface area contributed by atoms with Gasteiger partial charge in [-0.25, -0.2) is 4.79 Å². The molecule has 2 saturated heterocycles. The number of esters is 1. The second-order valence-corrected chi connectivity index (χ2v) is 30.9. The largest absolute Gasteiger partial charge is 0.467 e. The Morgan fingerprint density at radius 2 is 0.833 bits per heavy atom. The molecule has 0 radical (unpaired) electrons. The normalized spacial score (nSPS) is 16.1. The third-order valence-electron chi connectivity index (χ3n) is 19.8. The lowest BCUT2D eigenvalue weighted by molar-refractivity contribution is -0.145. The minimum absolute atomic E-state index is 0.0358. The molecule has 2 aliphatic rings. The number of guanidine groups is 2. The third-order valence-corrected chi connectivity index (χ3v) is 20.4. The molecule has 29 N–H and O–H groups in total. The number of nitrogens with zero attached hydrogens (tertiary/aromatic N) is 4. The van der Waals surface area contributed by atoms with E-state index in [4.69, 9.17) is 56.3 Å². The van der Waals surface area contributed by atoms with Gasteiger partial charge < -0.3 is 125 Å². The summed E-state index contributed by atoms with van der Waals surface area (Å²) in [5, 5.41) is 28.9. The van der Waals surface area contributed by atoms with Gasteiger partial charge in [0.25, 0.3) is 0 Å². The Labute approximate surface area is 703 Å². The SMILES string of the molecule is COC(=O)[C@H](CCCN=C(N)N)NC(=O)[C@H](CCCCN)NC(=O)CNC(=O)[C@H](CCSC)NC(=O)[C@H](CC(C)C)NC(=O)CNC(=O)[C@H](Cc1ccccc1)NC(=O)[C@H](Cc1ccccc1)NC(=O)[C@H](CCC(N)=O)NC(=O)[C@H](CCC(N)=O)NC(=O)[C@@H]1CCCN1C(=O)[C@H](CCCCN)NC(=O)[C@@H]1CCCN1C(=O)[C@@H](N)CCCN=C(N)N. The Morgan fingerprint density at radius 1 is 0.450 bits per heavy atom. The zero-order chi connectivity index (χ0) is 88.8. The summed E-state index contributed by atoms with van der Waals surface area (Å²) in [6.07, 6.45) is 3.69. The van der Waals surface area contributed by atoms with Crippen molar-refractivity contribution in [3.05, 3.63) is 71.8 Å². The number of hydrogen-bond acceptors (Lipinski definition) is 23. The highest BCUT2D eigenvalue weighted by Crippen LogP contribution is 2.24. The van der Waals surface area contributed by atoms with Crippen LogP contribution in [0.2, 0.25) is 0 Å². The van der Waals surface area contributed by atoms with Crippen LogP contribution < -0.4 is 110 Å². The molecular formula is C78H126N24O17S. The molecule has 120 heavy (non-hydrogen) atoms. The fourth-order valence-corrected chi connectivity index (χ4v) is 13.9. The first-order valence-corrected chi connectivity index (χ1v) is 42.0. The first kappa shape index (κ1) is 101. The van der Waals surface area contributed by atoms with Crippen molar-refractivity contribution in [2.75, 3.05) is 71.5 Å². The molecule has 2 fully saturated rings. The van der Waals surface area contributed by atoms with Crippen molar-refractivity contribution in [1.29, 1.82) is 0 Å². The zero-order valence-electron chi connectivity index (χ0n) is 69.0. The Kier molecular flexibility index (Phi) is 46.1. The Balaban J connectivity index is 1.54. The summed E-state index contributed by atoms with van der Waals surface area (Å²) < 4.78 is 4.88. The third kappa shape index (κ3) is 37.3. The van der Waals surface area contributed by atoms with Gasteiger partial charge in [0.2, 0.25) is 88.6 Å². The minimum Gasteiger partial charge on any atom is -0.467 e. The fourth-order valence-electron chi connectivity index (χ4n) is 13.5. The summed E-state index contributed by atoms with van der Waals surface area (Å²) in [7, 11) is 1.15. The molecule has 2 aromatic carbocycles. The molecule has 0 unspecified atom stereocenters. The van der Waals surface area contributed by atoms with E-state index in [9.17, 15) is 76.7 Å². The van der Waals surface area contributed by atoms with Crippen LogP contribution >= 0.6 is 11.8 Å². The lowest BCUT2D eigenvalue weighted by atomic mass is 10.0. The molecule has 42 heteroatoms. The smallest absolute Gasteiger partial charge is 0.328 e. The van der Waals surface area contributed by atoms with E-state index in [-0.39, 0.29) is 121 Å². The van der Waals surface area contributed by atoms with Crippen LogP contribution in [0.15, 0.2) is 70.6 Å². The van der Waals surface area contributed by atoms with Gasteiger partial charge >= 0.3 is 5.97 Å². The average molecular weight is 1700 g/mol. The second-order valence-electron chi connectivity index (χ2n) is 29.9. The number of likely N-dealkylation sites (tertiary alicyclic amines) is 2. The highest BCUT2D eigenvalue weighted by molar-refractivity contribution is 7.98. The van der Waals surface area contributed by atoms with Crippen molar-refractivity contribution in [2.45, 2.75) is 228 Å². The van der Waals surface area contributed by atoms with Crippen LogP contribution in [0.4, 0.5) is 0 Å². The number of rotatable bonds is 56. The molecule has 15 amide bonds. The Bertz CT molecular complexity index is 3780. The number of methoxy groups -OCH3 is 1. The van der Waals surface area contributed by atoms with Gasteiger partial charge in [0.15, 0.2) is 11.9 Å². The van der Waals surface area contributed by atoms with E-state index in [0.717, 1.165) is 7.11 Å². The van der Waals surface area contributed by atoms with Crippen molar-refractivity contribution >= 4 is 118 Å². The molecule has 2 heterocycles. The van der Waals surface area contributed by atoms with Crippen LogP contribution in [0.25, 0.3) is 0 Å². The standard InChI is InChI=1S/C78H126N24O17S/c1-46(2)41-56(70(112)95-53(33-40-120-4)65(107)90-44-63(105)92-50(24-11-13-34-79)67(109)98-55(76(118)119-3)26-16-37-89-78(86)87)93-64(106)45-91-66(108)57(42-47-19-7-5-8-20-47)99-71(113)58(43-48-21-9-6-10-22-48)100-69(111)51(29-31-61(82)103)94-68(110)52(30-32-62(83)104)96-72(114)60-28-18-39-102(60)75(117)54(25-12-14-35-80)97-73(115)59-27-17-38-101(59)74(116)49(81)23-15-36-88-77(84)85/h5-10,19-22,46,49-60H,11-18,23-45,79-81H2,1-4H3,(H2,82,103)(H2,83,104)(H,90,107)(H,91,108)(H,92,105)(H,93,106)(H,94,110)(H,95,112)(H,96,114)(H,97,115)(H,98,109)(H,99,113)(H,100,111)(H4,84,85,88)(H4,86,87,89)/t49-,50-,51-,52-,53-,54-,55-,56-,57-,58-,59-,60-/m0/s1. The number of hydrogen-bond donors (Lipinski definition) is 20. The van der Waals surface area contributed by atoms with Crippen LogP contribution in [0.3, 0.4) is 0 Å². The number of primary amides is 2. The van der Waals surface area contributed by atoms with Gasteiger partial charge in [-0.15, -0.1) is 0 Å². The number of carbonyl (C=O) groups excluding carboxylic acids is 16. The molecule has 0 bridgehead atoms. The van der Waals surface area contributed by atoms with Crippen LogP contribution in [-0.4, -0.2) is 260 Å². The van der Waals surface area contributed by atoms with Gasteiger partial charge in [0.05, 0.1) is 26.2 Å². The van der Waals surface area contributed by atoms with Gasteiger partial charge in [-0.1, -0.05) is 74.5 Å². The summed E-state index contributed by atoms with van der Waals surface area (Å²) in [6.45, 7) is 3.39. The number of aliphatic imine (C=N–C) groups is 2. The number of ether oxygens (including phenoxy) is 1. The van der Waals surface area contributed by atoms with Gasteiger partial charge in [-0.3, -0.25) is 81.9 Å². The van der Waals surface area contributed by atoms with Gasteiger partial charge in [-0.05, 0) is 158 Å². The Morgan fingerprint density at radius 3 is 1.29 bits per heavy atom. The maximum Gasteiger partial charge on any atom is 0.328 e. The van der Waals surface area contributed by atoms with Crippen molar-refractivity contribution in [3.63, 3.8) is 0 Å². The van der Waals surface area contributed by atoms with E-state index in [1.807, 2.05) is 0 Å². The van der Waals surface area contributed by atoms with Crippen LogP contribution in [0.1, 0.15) is 153 Å². The molecule has 0 spiro atoms.